The smallest absolute Gasteiger partial charge is 0.272 e. The van der Waals surface area contributed by atoms with Gasteiger partial charge in [-0.2, -0.15) is 8.42 Å². The van der Waals surface area contributed by atoms with Gasteiger partial charge in [0.15, 0.2) is 5.78 Å². The Morgan fingerprint density at radius 1 is 1.25 bits per heavy atom. The van der Waals surface area contributed by atoms with Crippen LogP contribution < -0.4 is 5.32 Å². The number of carbonyl (C=O) groups is 2. The van der Waals surface area contributed by atoms with Crippen LogP contribution in [0.1, 0.15) is 30.6 Å². The largest absolute Gasteiger partial charge is 0.326 e. The molecular formula is C13H17NO5S. The van der Waals surface area contributed by atoms with Gasteiger partial charge >= 0.3 is 0 Å². The quantitative estimate of drug-likeness (QED) is 0.615. The van der Waals surface area contributed by atoms with Crippen LogP contribution in [0.4, 0.5) is 5.69 Å². The molecular weight excluding hydrogens is 282 g/mol. The topological polar surface area (TPSA) is 101 Å². The minimum atomic E-state index is -4.33. The standard InChI is InChI=1S/C13H17NO5S/c1-3-9(2)13(16)14-11-6-4-10(5-7-11)12(15)8-20(17,18)19/h4-7,9H,3,8H2,1-2H3,(H,14,16)(H,17,18,19). The van der Waals surface area contributed by atoms with Crippen molar-refractivity contribution in [2.24, 2.45) is 5.92 Å². The molecule has 2 N–H and O–H groups in total. The number of rotatable bonds is 6. The minimum Gasteiger partial charge on any atom is -0.326 e. The molecule has 0 aliphatic rings. The maximum Gasteiger partial charge on any atom is 0.272 e. The number of amides is 1. The van der Waals surface area contributed by atoms with E-state index >= 15 is 0 Å². The van der Waals surface area contributed by atoms with Crippen molar-refractivity contribution in [1.29, 1.82) is 0 Å². The highest BCUT2D eigenvalue weighted by Gasteiger charge is 2.15. The van der Waals surface area contributed by atoms with Crippen molar-refractivity contribution in [1.82, 2.24) is 0 Å². The lowest BCUT2D eigenvalue weighted by Crippen LogP contribution is -2.19. The SMILES string of the molecule is CCC(C)C(=O)Nc1ccc(C(=O)CS(=O)(=O)O)cc1. The first-order chi connectivity index (χ1) is 9.23. The minimum absolute atomic E-state index is 0.115. The first kappa shape index (κ1) is 16.3. The maximum atomic E-state index is 11.7. The normalized spacial score (nSPS) is 12.8. The molecule has 1 aromatic carbocycles. The van der Waals surface area contributed by atoms with Crippen LogP contribution in [0.25, 0.3) is 0 Å². The highest BCUT2D eigenvalue weighted by Crippen LogP contribution is 2.13. The third kappa shape index (κ3) is 5.10. The highest BCUT2D eigenvalue weighted by atomic mass is 32.2. The number of nitrogens with one attached hydrogen (secondary N) is 1. The fourth-order valence-electron chi connectivity index (χ4n) is 1.44. The molecule has 0 saturated carbocycles. The number of carbonyl (C=O) groups excluding carboxylic acids is 2. The Morgan fingerprint density at radius 2 is 1.80 bits per heavy atom. The van der Waals surface area contributed by atoms with Gasteiger partial charge in [-0.1, -0.05) is 13.8 Å². The number of hydrogen-bond donors (Lipinski definition) is 2. The van der Waals surface area contributed by atoms with Gasteiger partial charge < -0.3 is 5.32 Å². The van der Waals surface area contributed by atoms with Gasteiger partial charge in [0, 0.05) is 17.2 Å². The molecule has 7 heteroatoms. The molecule has 1 amide bonds. The molecule has 0 aliphatic carbocycles. The van der Waals surface area contributed by atoms with Crippen LogP contribution in [0.5, 0.6) is 0 Å². The van der Waals surface area contributed by atoms with E-state index in [9.17, 15) is 18.0 Å². The van der Waals surface area contributed by atoms with Crippen LogP contribution in [0.2, 0.25) is 0 Å². The summed E-state index contributed by atoms with van der Waals surface area (Å²) in [6.07, 6.45) is 0.719. The first-order valence-corrected chi connectivity index (χ1v) is 7.73. The zero-order chi connectivity index (χ0) is 15.3. The van der Waals surface area contributed by atoms with Crippen molar-refractivity contribution in [3.8, 4) is 0 Å². The molecule has 6 nitrogen and oxygen atoms in total. The fourth-order valence-corrected chi connectivity index (χ4v) is 1.94. The Labute approximate surface area is 117 Å². The van der Waals surface area contributed by atoms with Gasteiger partial charge in [-0.3, -0.25) is 14.1 Å². The molecule has 1 rings (SSSR count). The van der Waals surface area contributed by atoms with Gasteiger partial charge in [-0.05, 0) is 30.7 Å². The summed E-state index contributed by atoms with van der Waals surface area (Å²) >= 11 is 0. The predicted octanol–water partition coefficient (Wildman–Crippen LogP) is 1.74. The molecule has 0 aliphatic heterocycles. The van der Waals surface area contributed by atoms with Crippen molar-refractivity contribution < 1.29 is 22.6 Å². The first-order valence-electron chi connectivity index (χ1n) is 6.12. The van der Waals surface area contributed by atoms with Crippen molar-refractivity contribution in [2.45, 2.75) is 20.3 Å². The van der Waals surface area contributed by atoms with Gasteiger partial charge in [-0.25, -0.2) is 0 Å². The Bertz CT molecular complexity index is 592. The van der Waals surface area contributed by atoms with E-state index < -0.39 is 21.7 Å². The average molecular weight is 299 g/mol. The van der Waals surface area contributed by atoms with Gasteiger partial charge in [-0.15, -0.1) is 0 Å². The summed E-state index contributed by atoms with van der Waals surface area (Å²) in [6, 6.07) is 5.83. The monoisotopic (exact) mass is 299 g/mol. The molecule has 1 atom stereocenters. The lowest BCUT2D eigenvalue weighted by molar-refractivity contribution is -0.119. The van der Waals surface area contributed by atoms with E-state index in [4.69, 9.17) is 4.55 Å². The van der Waals surface area contributed by atoms with E-state index in [1.54, 1.807) is 6.92 Å². The van der Waals surface area contributed by atoms with Gasteiger partial charge in [0.25, 0.3) is 10.1 Å². The summed E-state index contributed by atoms with van der Waals surface area (Å²) < 4.78 is 29.8. The van der Waals surface area contributed by atoms with E-state index in [2.05, 4.69) is 5.32 Å². The number of Topliss-reactive ketones (excluding diaryl/α,β-unsaturated/α-hetero) is 1. The number of anilines is 1. The molecule has 0 saturated heterocycles. The van der Waals surface area contributed by atoms with Gasteiger partial charge in [0.05, 0.1) is 0 Å². The summed E-state index contributed by atoms with van der Waals surface area (Å²) in [6.45, 7) is 3.71. The van der Waals surface area contributed by atoms with Crippen molar-refractivity contribution in [3.63, 3.8) is 0 Å². The van der Waals surface area contributed by atoms with E-state index in [1.807, 2.05) is 6.92 Å². The molecule has 0 radical (unpaired) electrons. The van der Waals surface area contributed by atoms with Crippen LogP contribution in [-0.4, -0.2) is 30.4 Å². The predicted molar refractivity (Wildman–Crippen MR) is 75.3 cm³/mol. The Hall–Kier alpha value is -1.73. The highest BCUT2D eigenvalue weighted by molar-refractivity contribution is 7.86. The number of ketones is 1. The van der Waals surface area contributed by atoms with E-state index in [0.717, 1.165) is 6.42 Å². The second-order valence-corrected chi connectivity index (χ2v) is 5.98. The molecule has 0 heterocycles. The second-order valence-electron chi connectivity index (χ2n) is 4.53. The third-order valence-corrected chi connectivity index (χ3v) is 3.47. The Morgan fingerprint density at radius 3 is 2.25 bits per heavy atom. The van der Waals surface area contributed by atoms with E-state index in [1.165, 1.54) is 24.3 Å². The molecule has 1 aromatic rings. The zero-order valence-corrected chi connectivity index (χ0v) is 12.1. The molecule has 0 aromatic heterocycles. The van der Waals surface area contributed by atoms with Gasteiger partial charge in [0.1, 0.15) is 5.75 Å². The zero-order valence-electron chi connectivity index (χ0n) is 11.3. The van der Waals surface area contributed by atoms with Crippen molar-refractivity contribution >= 4 is 27.5 Å². The van der Waals surface area contributed by atoms with E-state index in [0.29, 0.717) is 5.69 Å². The molecule has 20 heavy (non-hydrogen) atoms. The molecule has 0 fully saturated rings. The van der Waals surface area contributed by atoms with Crippen LogP contribution in [0, 0.1) is 5.92 Å². The molecule has 0 spiro atoms. The summed E-state index contributed by atoms with van der Waals surface area (Å²) in [4.78, 5) is 23.2. The number of hydrogen-bond acceptors (Lipinski definition) is 4. The number of benzene rings is 1. The Balaban J connectivity index is 2.74. The average Bonchev–Trinajstić information content (AvgIpc) is 2.36. The van der Waals surface area contributed by atoms with Crippen LogP contribution in [0.15, 0.2) is 24.3 Å². The molecule has 0 bridgehead atoms. The summed E-state index contributed by atoms with van der Waals surface area (Å²) in [5.74, 6) is -1.89. The van der Waals surface area contributed by atoms with E-state index in [-0.39, 0.29) is 17.4 Å². The van der Waals surface area contributed by atoms with Crippen molar-refractivity contribution in [3.05, 3.63) is 29.8 Å². The molecule has 1 unspecified atom stereocenters. The van der Waals surface area contributed by atoms with Gasteiger partial charge in [0.2, 0.25) is 5.91 Å². The third-order valence-electron chi connectivity index (χ3n) is 2.85. The lowest BCUT2D eigenvalue weighted by atomic mass is 10.1. The summed E-state index contributed by atoms with van der Waals surface area (Å²) in [5.41, 5.74) is 0.683. The fraction of sp³-hybridized carbons (Fsp3) is 0.385. The summed E-state index contributed by atoms with van der Waals surface area (Å²) in [7, 11) is -4.33. The summed E-state index contributed by atoms with van der Waals surface area (Å²) in [5, 5.41) is 2.69. The molecule has 110 valence electrons. The maximum absolute atomic E-state index is 11.7. The lowest BCUT2D eigenvalue weighted by Gasteiger charge is -2.10. The van der Waals surface area contributed by atoms with Crippen LogP contribution in [0.3, 0.4) is 0 Å². The van der Waals surface area contributed by atoms with Crippen LogP contribution in [-0.2, 0) is 14.9 Å². The Kier molecular flexibility index (Phi) is 5.41. The van der Waals surface area contributed by atoms with Crippen molar-refractivity contribution in [2.75, 3.05) is 11.1 Å². The van der Waals surface area contributed by atoms with Crippen LogP contribution >= 0.6 is 0 Å². The second kappa shape index (κ2) is 6.62.